The lowest BCUT2D eigenvalue weighted by Crippen LogP contribution is -2.63. The zero-order valence-corrected chi connectivity index (χ0v) is 16.3. The lowest BCUT2D eigenvalue weighted by atomic mass is 10.1. The minimum atomic E-state index is -4.77. The molecule has 0 unspecified atom stereocenters. The smallest absolute Gasteiger partial charge is 0.311 e. The van der Waals surface area contributed by atoms with Gasteiger partial charge < -0.3 is 5.32 Å². The Morgan fingerprint density at radius 2 is 1.37 bits per heavy atom. The largest absolute Gasteiger partial charge is 0.425 e. The van der Waals surface area contributed by atoms with Gasteiger partial charge in [-0.2, -0.15) is 13.2 Å². The van der Waals surface area contributed by atoms with Crippen molar-refractivity contribution in [2.45, 2.75) is 11.0 Å². The van der Waals surface area contributed by atoms with E-state index < -0.39 is 17.1 Å². The van der Waals surface area contributed by atoms with Crippen molar-refractivity contribution < 1.29 is 18.0 Å². The number of carbonyl (C=O) groups excluding carboxylic acids is 1. The van der Waals surface area contributed by atoms with Crippen LogP contribution in [-0.4, -0.2) is 17.4 Å². The number of amidine groups is 1. The standard InChI is InChI=1S/C22H16F3N3OS/c23-22(24,25)21(16-10-4-1-5-11-16)27-19(29)28(18-14-8-3-9-15-18)20(30-21)26-17-12-6-2-7-13-17/h1-15H,(H,27,29)/t21-/m0/s1. The van der Waals surface area contributed by atoms with Crippen LogP contribution in [0.4, 0.5) is 29.3 Å². The average Bonchev–Trinajstić information content (AvgIpc) is 2.74. The van der Waals surface area contributed by atoms with E-state index in [1.807, 2.05) is 0 Å². The van der Waals surface area contributed by atoms with Crippen molar-refractivity contribution in [1.29, 1.82) is 0 Å². The van der Waals surface area contributed by atoms with Crippen LogP contribution in [0.3, 0.4) is 0 Å². The number of benzene rings is 3. The number of para-hydroxylation sites is 2. The molecule has 0 aliphatic carbocycles. The van der Waals surface area contributed by atoms with Crippen molar-refractivity contribution in [3.05, 3.63) is 96.6 Å². The summed E-state index contributed by atoms with van der Waals surface area (Å²) in [5.41, 5.74) is 0.783. The Kier molecular flexibility index (Phi) is 5.26. The van der Waals surface area contributed by atoms with E-state index >= 15 is 0 Å². The first-order valence-electron chi connectivity index (χ1n) is 9.03. The normalized spacial score (nSPS) is 20.8. The number of rotatable bonds is 3. The fraction of sp³-hybridized carbons (Fsp3) is 0.0909. The molecule has 1 saturated heterocycles. The highest BCUT2D eigenvalue weighted by Gasteiger charge is 2.62. The predicted octanol–water partition coefficient (Wildman–Crippen LogP) is 6.05. The third kappa shape index (κ3) is 3.66. The number of urea groups is 1. The fourth-order valence-electron chi connectivity index (χ4n) is 3.09. The van der Waals surface area contributed by atoms with Crippen LogP contribution in [0.25, 0.3) is 0 Å². The molecule has 1 N–H and O–H groups in total. The van der Waals surface area contributed by atoms with Crippen LogP contribution >= 0.6 is 11.8 Å². The first-order chi connectivity index (χ1) is 14.4. The summed E-state index contributed by atoms with van der Waals surface area (Å²) in [6, 6.07) is 23.5. The van der Waals surface area contributed by atoms with Crippen molar-refractivity contribution in [1.82, 2.24) is 5.32 Å². The maximum atomic E-state index is 14.4. The van der Waals surface area contributed by atoms with Gasteiger partial charge in [0.25, 0.3) is 0 Å². The molecule has 3 aromatic rings. The molecule has 0 saturated carbocycles. The Morgan fingerprint density at radius 1 is 0.833 bits per heavy atom. The number of hydrogen-bond acceptors (Lipinski definition) is 3. The zero-order valence-electron chi connectivity index (χ0n) is 15.5. The SMILES string of the molecule is O=C1N[C@](c2ccccc2)(C(F)(F)F)SC(=Nc2ccccc2)N1c1ccccc1. The summed E-state index contributed by atoms with van der Waals surface area (Å²) in [6.07, 6.45) is -4.77. The molecule has 2 amide bonds. The summed E-state index contributed by atoms with van der Waals surface area (Å²) in [7, 11) is 0. The second-order valence-corrected chi connectivity index (χ2v) is 7.66. The van der Waals surface area contributed by atoms with E-state index in [0.717, 1.165) is 4.90 Å². The Morgan fingerprint density at radius 3 is 1.93 bits per heavy atom. The molecule has 1 atom stereocenters. The van der Waals surface area contributed by atoms with Gasteiger partial charge in [0.05, 0.1) is 11.4 Å². The Bertz CT molecular complexity index is 1060. The highest BCUT2D eigenvalue weighted by atomic mass is 32.2. The summed E-state index contributed by atoms with van der Waals surface area (Å²) in [5.74, 6) is 0. The number of amides is 2. The van der Waals surface area contributed by atoms with E-state index in [2.05, 4.69) is 10.3 Å². The lowest BCUT2D eigenvalue weighted by molar-refractivity contribution is -0.167. The van der Waals surface area contributed by atoms with Crippen LogP contribution in [0.2, 0.25) is 0 Å². The van der Waals surface area contributed by atoms with E-state index in [1.54, 1.807) is 66.7 Å². The van der Waals surface area contributed by atoms with Crippen molar-refractivity contribution in [2.75, 3.05) is 4.90 Å². The number of carbonyl (C=O) groups is 1. The Hall–Kier alpha value is -3.26. The third-order valence-electron chi connectivity index (χ3n) is 4.50. The number of nitrogens with zero attached hydrogens (tertiary/aromatic N) is 2. The van der Waals surface area contributed by atoms with Crippen molar-refractivity contribution >= 4 is 34.3 Å². The van der Waals surface area contributed by atoms with E-state index in [-0.39, 0.29) is 10.7 Å². The van der Waals surface area contributed by atoms with Gasteiger partial charge >= 0.3 is 12.2 Å². The predicted molar refractivity (Wildman–Crippen MR) is 113 cm³/mol. The maximum Gasteiger partial charge on any atom is 0.425 e. The number of halogens is 3. The molecule has 0 bridgehead atoms. The van der Waals surface area contributed by atoms with Crippen LogP contribution in [0.5, 0.6) is 0 Å². The van der Waals surface area contributed by atoms with Crippen LogP contribution in [0, 0.1) is 0 Å². The highest BCUT2D eigenvalue weighted by Crippen LogP contribution is 2.51. The van der Waals surface area contributed by atoms with Gasteiger partial charge in [-0.15, -0.1) is 0 Å². The van der Waals surface area contributed by atoms with Gasteiger partial charge in [-0.05, 0) is 41.6 Å². The van der Waals surface area contributed by atoms with Gasteiger partial charge in [0.15, 0.2) is 5.17 Å². The molecule has 1 aliphatic rings. The molecule has 0 spiro atoms. The molecule has 1 aliphatic heterocycles. The van der Waals surface area contributed by atoms with Gasteiger partial charge in [-0.1, -0.05) is 66.7 Å². The summed E-state index contributed by atoms with van der Waals surface area (Å²) in [5, 5.41) is 2.12. The Labute approximate surface area is 175 Å². The minimum absolute atomic E-state index is 0.0719. The van der Waals surface area contributed by atoms with Gasteiger partial charge in [0, 0.05) is 0 Å². The molecule has 4 rings (SSSR count). The van der Waals surface area contributed by atoms with Crippen LogP contribution in [-0.2, 0) is 4.87 Å². The number of alkyl halides is 3. The first kappa shape index (κ1) is 20.0. The van der Waals surface area contributed by atoms with Crippen LogP contribution < -0.4 is 10.2 Å². The molecule has 0 aromatic heterocycles. The molecule has 1 heterocycles. The first-order valence-corrected chi connectivity index (χ1v) is 9.85. The van der Waals surface area contributed by atoms with Gasteiger partial charge in [-0.3, -0.25) is 0 Å². The van der Waals surface area contributed by atoms with Gasteiger partial charge in [0.2, 0.25) is 4.87 Å². The van der Waals surface area contributed by atoms with Crippen LogP contribution in [0.15, 0.2) is 96.0 Å². The fourth-order valence-corrected chi connectivity index (χ4v) is 4.30. The molecule has 1 fully saturated rings. The molecule has 0 radical (unpaired) electrons. The number of thioether (sulfide) groups is 1. The number of nitrogens with one attached hydrogen (secondary N) is 1. The van der Waals surface area contributed by atoms with Gasteiger partial charge in [0.1, 0.15) is 0 Å². The molecular weight excluding hydrogens is 411 g/mol. The van der Waals surface area contributed by atoms with Gasteiger partial charge in [-0.25, -0.2) is 14.7 Å². The average molecular weight is 427 g/mol. The quantitative estimate of drug-likeness (QED) is 0.553. The second-order valence-electron chi connectivity index (χ2n) is 6.48. The van der Waals surface area contributed by atoms with Crippen molar-refractivity contribution in [3.8, 4) is 0 Å². The zero-order chi connectivity index (χ0) is 21.2. The van der Waals surface area contributed by atoms with Crippen LogP contribution in [0.1, 0.15) is 5.56 Å². The molecule has 3 aromatic carbocycles. The number of aliphatic imine (C=N–C) groups is 1. The van der Waals surface area contributed by atoms with Crippen molar-refractivity contribution in [2.24, 2.45) is 4.99 Å². The number of anilines is 1. The Balaban J connectivity index is 1.89. The minimum Gasteiger partial charge on any atom is -0.311 e. The summed E-state index contributed by atoms with van der Waals surface area (Å²) >= 11 is 0.459. The highest BCUT2D eigenvalue weighted by molar-refractivity contribution is 8.15. The third-order valence-corrected chi connectivity index (χ3v) is 5.83. The molecule has 8 heteroatoms. The second kappa shape index (κ2) is 7.87. The van der Waals surface area contributed by atoms with E-state index in [0.29, 0.717) is 23.1 Å². The van der Waals surface area contributed by atoms with E-state index in [1.165, 1.54) is 24.3 Å². The molecular formula is C22H16F3N3OS. The summed E-state index contributed by atoms with van der Waals surface area (Å²) in [4.78, 5) is 16.0. The molecule has 152 valence electrons. The van der Waals surface area contributed by atoms with E-state index in [9.17, 15) is 18.0 Å². The topological polar surface area (TPSA) is 44.7 Å². The summed E-state index contributed by atoms with van der Waals surface area (Å²) in [6.45, 7) is 0. The number of hydrogen-bond donors (Lipinski definition) is 1. The summed E-state index contributed by atoms with van der Waals surface area (Å²) < 4.78 is 43.2. The molecule has 4 nitrogen and oxygen atoms in total. The van der Waals surface area contributed by atoms with Crippen molar-refractivity contribution in [3.63, 3.8) is 0 Å². The van der Waals surface area contributed by atoms with E-state index in [4.69, 9.17) is 0 Å². The lowest BCUT2D eigenvalue weighted by Gasteiger charge is -2.43. The molecule has 30 heavy (non-hydrogen) atoms. The monoisotopic (exact) mass is 427 g/mol. The maximum absolute atomic E-state index is 14.4.